The van der Waals surface area contributed by atoms with E-state index in [2.05, 4.69) is 41.6 Å². The van der Waals surface area contributed by atoms with Crippen LogP contribution in [0.4, 0.5) is 0 Å². The highest BCUT2D eigenvalue weighted by Crippen LogP contribution is 2.38. The molecule has 0 spiro atoms. The van der Waals surface area contributed by atoms with Gasteiger partial charge < -0.3 is 10.1 Å². The van der Waals surface area contributed by atoms with Crippen molar-refractivity contribution in [3.05, 3.63) is 70.9 Å². The number of carbonyl (C=O) groups is 1. The van der Waals surface area contributed by atoms with E-state index in [1.54, 1.807) is 4.68 Å². The second kappa shape index (κ2) is 6.82. The van der Waals surface area contributed by atoms with Crippen molar-refractivity contribution in [3.63, 3.8) is 0 Å². The van der Waals surface area contributed by atoms with Crippen molar-refractivity contribution < 1.29 is 9.53 Å². The van der Waals surface area contributed by atoms with Gasteiger partial charge in [-0.05, 0) is 49.4 Å². The van der Waals surface area contributed by atoms with E-state index in [9.17, 15) is 4.79 Å². The van der Waals surface area contributed by atoms with Gasteiger partial charge in [0.15, 0.2) is 0 Å². The highest BCUT2D eigenvalue weighted by molar-refractivity contribution is 5.79. The smallest absolute Gasteiger partial charge is 0.242 e. The van der Waals surface area contributed by atoms with Gasteiger partial charge in [-0.1, -0.05) is 35.9 Å². The Morgan fingerprint density at radius 3 is 3.07 bits per heavy atom. The number of ether oxygens (including phenoxy) is 1. The summed E-state index contributed by atoms with van der Waals surface area (Å²) in [7, 11) is 0. The Kier molecular flexibility index (Phi) is 4.15. The number of fused-ring (bicyclic) bond motifs is 4. The van der Waals surface area contributed by atoms with Gasteiger partial charge in [0.25, 0.3) is 0 Å². The van der Waals surface area contributed by atoms with Crippen LogP contribution in [0.5, 0.6) is 5.75 Å². The van der Waals surface area contributed by atoms with Crippen LogP contribution in [0.15, 0.2) is 48.7 Å². The number of amides is 1. The third-order valence-corrected chi connectivity index (χ3v) is 5.69. The number of aryl methyl sites for hydroxylation is 2. The molecule has 142 valence electrons. The molecule has 0 fully saturated rings. The maximum atomic E-state index is 12.8. The number of nitrogens with zero attached hydrogens (tertiary/aromatic N) is 2. The summed E-state index contributed by atoms with van der Waals surface area (Å²) in [6.07, 6.45) is 4.98. The lowest BCUT2D eigenvalue weighted by atomic mass is 9.88. The molecule has 5 nitrogen and oxygen atoms in total. The predicted molar refractivity (Wildman–Crippen MR) is 107 cm³/mol. The van der Waals surface area contributed by atoms with Crippen LogP contribution in [0.1, 0.15) is 41.1 Å². The lowest BCUT2D eigenvalue weighted by Gasteiger charge is -2.26. The van der Waals surface area contributed by atoms with Crippen LogP contribution >= 0.6 is 0 Å². The predicted octanol–water partition coefficient (Wildman–Crippen LogP) is 3.94. The molecule has 5 rings (SSSR count). The molecule has 1 N–H and O–H groups in total. The number of aromatic nitrogens is 2. The summed E-state index contributed by atoms with van der Waals surface area (Å²) in [6, 6.07) is 14.6. The van der Waals surface area contributed by atoms with Crippen LogP contribution in [0, 0.1) is 6.92 Å². The summed E-state index contributed by atoms with van der Waals surface area (Å²) in [6.45, 7) is 2.76. The van der Waals surface area contributed by atoms with Gasteiger partial charge in [0.05, 0.1) is 17.9 Å². The van der Waals surface area contributed by atoms with Crippen LogP contribution in [-0.4, -0.2) is 15.7 Å². The van der Waals surface area contributed by atoms with Crippen molar-refractivity contribution in [2.75, 3.05) is 0 Å². The van der Waals surface area contributed by atoms with Gasteiger partial charge in [0, 0.05) is 11.1 Å². The second-order valence-electron chi connectivity index (χ2n) is 7.68. The van der Waals surface area contributed by atoms with Crippen molar-refractivity contribution >= 4 is 5.91 Å². The first-order valence-electron chi connectivity index (χ1n) is 9.85. The van der Waals surface area contributed by atoms with Crippen molar-refractivity contribution in [2.45, 2.75) is 45.4 Å². The van der Waals surface area contributed by atoms with E-state index in [1.165, 1.54) is 11.1 Å². The Hall–Kier alpha value is -3.08. The normalized spacial score (nSPS) is 17.1. The fourth-order valence-corrected chi connectivity index (χ4v) is 4.35. The van der Waals surface area contributed by atoms with E-state index in [-0.39, 0.29) is 18.5 Å². The average molecular weight is 373 g/mol. The molecule has 1 aromatic heterocycles. The van der Waals surface area contributed by atoms with Gasteiger partial charge in [0.1, 0.15) is 18.9 Å². The van der Waals surface area contributed by atoms with E-state index in [0.717, 1.165) is 47.4 Å². The molecule has 5 heteroatoms. The summed E-state index contributed by atoms with van der Waals surface area (Å²) < 4.78 is 7.64. The average Bonchev–Trinajstić information content (AvgIpc) is 3.11. The highest BCUT2D eigenvalue weighted by atomic mass is 16.5. The first-order chi connectivity index (χ1) is 13.7. The number of nitrogens with one attached hydrogen (secondary N) is 1. The van der Waals surface area contributed by atoms with Crippen LogP contribution < -0.4 is 10.1 Å². The molecule has 0 radical (unpaired) electrons. The minimum absolute atomic E-state index is 0.00621. The number of benzene rings is 2. The zero-order valence-corrected chi connectivity index (χ0v) is 15.9. The molecule has 1 atom stereocenters. The molecule has 0 bridgehead atoms. The third kappa shape index (κ3) is 2.97. The number of hydrogen-bond donors (Lipinski definition) is 1. The van der Waals surface area contributed by atoms with Gasteiger partial charge in [-0.15, -0.1) is 0 Å². The Labute approximate surface area is 164 Å². The Bertz CT molecular complexity index is 1050. The molecular formula is C23H23N3O2. The summed E-state index contributed by atoms with van der Waals surface area (Å²) >= 11 is 0. The van der Waals surface area contributed by atoms with E-state index >= 15 is 0 Å². The topological polar surface area (TPSA) is 56.2 Å². The van der Waals surface area contributed by atoms with Gasteiger partial charge >= 0.3 is 0 Å². The van der Waals surface area contributed by atoms with Crippen molar-refractivity contribution in [1.82, 2.24) is 15.1 Å². The molecule has 28 heavy (non-hydrogen) atoms. The zero-order valence-electron chi connectivity index (χ0n) is 15.9. The molecule has 0 saturated heterocycles. The van der Waals surface area contributed by atoms with E-state index in [1.807, 2.05) is 24.4 Å². The maximum Gasteiger partial charge on any atom is 0.242 e. The fourth-order valence-electron chi connectivity index (χ4n) is 4.35. The Morgan fingerprint density at radius 2 is 2.14 bits per heavy atom. The van der Waals surface area contributed by atoms with Crippen LogP contribution in [0.3, 0.4) is 0 Å². The molecule has 2 aromatic carbocycles. The summed E-state index contributed by atoms with van der Waals surface area (Å²) in [5, 5.41) is 7.70. The Morgan fingerprint density at radius 1 is 1.25 bits per heavy atom. The van der Waals surface area contributed by atoms with Crippen molar-refractivity contribution in [2.24, 2.45) is 0 Å². The third-order valence-electron chi connectivity index (χ3n) is 5.69. The largest absolute Gasteiger partial charge is 0.488 e. The van der Waals surface area contributed by atoms with Crippen LogP contribution in [0.25, 0.3) is 11.3 Å². The molecule has 2 heterocycles. The lowest BCUT2D eigenvalue weighted by molar-refractivity contribution is -0.122. The van der Waals surface area contributed by atoms with Gasteiger partial charge in [0.2, 0.25) is 5.91 Å². The zero-order chi connectivity index (χ0) is 19.1. The van der Waals surface area contributed by atoms with Gasteiger partial charge in [-0.2, -0.15) is 5.10 Å². The number of carbonyl (C=O) groups excluding carboxylic acids is 1. The molecule has 1 aliphatic heterocycles. The monoisotopic (exact) mass is 373 g/mol. The molecule has 1 amide bonds. The number of rotatable bonds is 3. The molecule has 2 aliphatic rings. The van der Waals surface area contributed by atoms with Crippen LogP contribution in [-0.2, 0) is 24.4 Å². The standard InChI is InChI=1S/C23H23N3O2/c1-15-9-10-21-19(11-15)23-17(14-28-21)12-24-26(23)13-22(27)25-20-8-4-6-16-5-2-3-7-18(16)20/h2-3,5,7,9-12,20H,4,6,8,13-14H2,1H3,(H,25,27)/t20-/m1/s1. The van der Waals surface area contributed by atoms with E-state index < -0.39 is 0 Å². The van der Waals surface area contributed by atoms with E-state index in [0.29, 0.717) is 6.61 Å². The van der Waals surface area contributed by atoms with E-state index in [4.69, 9.17) is 4.74 Å². The summed E-state index contributed by atoms with van der Waals surface area (Å²) in [5.41, 5.74) is 6.77. The molecular weight excluding hydrogens is 350 g/mol. The molecule has 0 unspecified atom stereocenters. The minimum atomic E-state index is -0.00621. The fraction of sp³-hybridized carbons (Fsp3) is 0.304. The van der Waals surface area contributed by atoms with Crippen molar-refractivity contribution in [1.29, 1.82) is 0 Å². The highest BCUT2D eigenvalue weighted by Gasteiger charge is 2.25. The van der Waals surface area contributed by atoms with Gasteiger partial charge in [-0.25, -0.2) is 0 Å². The SMILES string of the molecule is Cc1ccc2c(c1)-c1c(cnn1CC(=O)N[C@@H]1CCCc3ccccc31)CO2. The molecule has 3 aromatic rings. The lowest BCUT2D eigenvalue weighted by Crippen LogP contribution is -2.34. The molecule has 0 saturated carbocycles. The van der Waals surface area contributed by atoms with Gasteiger partial charge in [-0.3, -0.25) is 9.48 Å². The summed E-state index contributed by atoms with van der Waals surface area (Å²) in [4.78, 5) is 12.8. The van der Waals surface area contributed by atoms with Crippen LogP contribution in [0.2, 0.25) is 0 Å². The summed E-state index contributed by atoms with van der Waals surface area (Å²) in [5.74, 6) is 0.842. The molecule has 1 aliphatic carbocycles. The maximum absolute atomic E-state index is 12.8. The Balaban J connectivity index is 1.39. The first kappa shape index (κ1) is 17.0. The first-order valence-corrected chi connectivity index (χ1v) is 9.85. The number of hydrogen-bond acceptors (Lipinski definition) is 3. The second-order valence-corrected chi connectivity index (χ2v) is 7.68. The quantitative estimate of drug-likeness (QED) is 0.756. The van der Waals surface area contributed by atoms with Crippen molar-refractivity contribution in [3.8, 4) is 17.0 Å². The minimum Gasteiger partial charge on any atom is -0.488 e.